The van der Waals surface area contributed by atoms with E-state index < -0.39 is 17.6 Å². The minimum absolute atomic E-state index is 0.159. The number of carbonyl (C=O) groups is 1. The van der Waals surface area contributed by atoms with Gasteiger partial charge in [0.05, 0.1) is 31.0 Å². The van der Waals surface area contributed by atoms with Crippen molar-refractivity contribution >= 4 is 23.5 Å². The number of carbonyl (C=O) groups excluding carboxylic acids is 1. The zero-order valence-corrected chi connectivity index (χ0v) is 18.1. The Bertz CT molecular complexity index is 1200. The fraction of sp³-hybridized carbons (Fsp3) is 0.167. The maximum Gasteiger partial charge on any atom is 0.416 e. The topological polar surface area (TPSA) is 54.9 Å². The highest BCUT2D eigenvalue weighted by atomic mass is 19.4. The third-order valence-electron chi connectivity index (χ3n) is 5.23. The zero-order valence-electron chi connectivity index (χ0n) is 18.1. The van der Waals surface area contributed by atoms with Crippen LogP contribution in [0.3, 0.4) is 0 Å². The molecule has 0 saturated carbocycles. The van der Waals surface area contributed by atoms with Crippen LogP contribution >= 0.6 is 0 Å². The number of fused-ring (bicyclic) bond motifs is 1. The van der Waals surface area contributed by atoms with Crippen LogP contribution in [-0.2, 0) is 6.18 Å². The molecule has 170 valence electrons. The number of rotatable bonds is 5. The number of aromatic nitrogens is 1. The van der Waals surface area contributed by atoms with Crippen LogP contribution in [0.15, 0.2) is 60.8 Å². The molecule has 0 spiro atoms. The predicted molar refractivity (Wildman–Crippen MR) is 118 cm³/mol. The summed E-state index contributed by atoms with van der Waals surface area (Å²) in [6.45, 7) is 0. The van der Waals surface area contributed by atoms with Crippen molar-refractivity contribution in [2.24, 2.45) is 0 Å². The molecule has 1 aliphatic rings. The standard InChI is InChI=1S/C24H20F3N3O3/c1-29(22-6-4-5-9-28-22)30-21(12-15-10-17(32-2)14-18(11-15)33-3)20-13-16(24(25,26)27)7-8-19(20)23(30)31/h4-14H,1-3H3/b21-12-. The van der Waals surface area contributed by atoms with Crippen LogP contribution in [0.4, 0.5) is 19.0 Å². The summed E-state index contributed by atoms with van der Waals surface area (Å²) in [7, 11) is 4.62. The fourth-order valence-corrected chi connectivity index (χ4v) is 3.61. The Morgan fingerprint density at radius 1 is 0.970 bits per heavy atom. The normalized spacial score (nSPS) is 14.4. The molecule has 0 unspecified atom stereocenters. The first-order valence-electron chi connectivity index (χ1n) is 9.88. The third kappa shape index (κ3) is 4.21. The Labute approximate surface area is 188 Å². The molecule has 0 fully saturated rings. The fourth-order valence-electron chi connectivity index (χ4n) is 3.61. The summed E-state index contributed by atoms with van der Waals surface area (Å²) in [5.41, 5.74) is 0.333. The van der Waals surface area contributed by atoms with Gasteiger partial charge in [0.1, 0.15) is 17.3 Å². The predicted octanol–water partition coefficient (Wildman–Crippen LogP) is 5.12. The van der Waals surface area contributed by atoms with Crippen molar-refractivity contribution in [2.45, 2.75) is 6.18 Å². The van der Waals surface area contributed by atoms with Crippen LogP contribution in [0.25, 0.3) is 11.8 Å². The van der Waals surface area contributed by atoms with Gasteiger partial charge in [-0.05, 0) is 54.1 Å². The van der Waals surface area contributed by atoms with E-state index in [0.29, 0.717) is 22.9 Å². The Balaban J connectivity index is 1.92. The van der Waals surface area contributed by atoms with Gasteiger partial charge in [-0.2, -0.15) is 13.2 Å². The number of ether oxygens (including phenoxy) is 2. The Hall–Kier alpha value is -4.01. The van der Waals surface area contributed by atoms with Crippen LogP contribution in [0.5, 0.6) is 11.5 Å². The van der Waals surface area contributed by atoms with Gasteiger partial charge in [-0.15, -0.1) is 0 Å². The number of hydrogen-bond donors (Lipinski definition) is 0. The van der Waals surface area contributed by atoms with E-state index in [4.69, 9.17) is 9.47 Å². The van der Waals surface area contributed by atoms with E-state index in [0.717, 1.165) is 12.1 Å². The zero-order chi connectivity index (χ0) is 23.8. The van der Waals surface area contributed by atoms with E-state index in [2.05, 4.69) is 4.98 Å². The van der Waals surface area contributed by atoms with Crippen LogP contribution < -0.4 is 14.5 Å². The lowest BCUT2D eigenvalue weighted by Gasteiger charge is -2.30. The van der Waals surface area contributed by atoms with Gasteiger partial charge in [0.25, 0.3) is 5.91 Å². The van der Waals surface area contributed by atoms with E-state index in [9.17, 15) is 18.0 Å². The highest BCUT2D eigenvalue weighted by Gasteiger charge is 2.39. The average Bonchev–Trinajstić information content (AvgIpc) is 3.09. The molecule has 9 heteroatoms. The van der Waals surface area contributed by atoms with Crippen LogP contribution in [0.1, 0.15) is 27.0 Å². The van der Waals surface area contributed by atoms with E-state index in [1.807, 2.05) is 0 Å². The van der Waals surface area contributed by atoms with E-state index in [1.165, 1.54) is 30.3 Å². The SMILES string of the molecule is COc1cc(/C=C2/c3cc(C(F)(F)F)ccc3C(=O)N2N(C)c2ccccn2)cc(OC)c1. The van der Waals surface area contributed by atoms with Gasteiger partial charge in [0.2, 0.25) is 0 Å². The molecule has 2 aromatic carbocycles. The molecule has 33 heavy (non-hydrogen) atoms. The van der Waals surface area contributed by atoms with Crippen molar-refractivity contribution in [3.05, 3.63) is 83.0 Å². The van der Waals surface area contributed by atoms with Crippen LogP contribution in [-0.4, -0.2) is 37.2 Å². The minimum atomic E-state index is -4.55. The molecule has 0 N–H and O–H groups in total. The molecular weight excluding hydrogens is 435 g/mol. The monoisotopic (exact) mass is 455 g/mol. The largest absolute Gasteiger partial charge is 0.497 e. The van der Waals surface area contributed by atoms with Crippen LogP contribution in [0, 0.1) is 0 Å². The number of hydrazine groups is 1. The second kappa shape index (κ2) is 8.50. The van der Waals surface area contributed by atoms with Gasteiger partial charge >= 0.3 is 6.18 Å². The smallest absolute Gasteiger partial charge is 0.416 e. The first kappa shape index (κ1) is 22.2. The molecule has 1 amide bonds. The molecule has 0 radical (unpaired) electrons. The number of methoxy groups -OCH3 is 2. The summed E-state index contributed by atoms with van der Waals surface area (Å²) in [5, 5.41) is 2.80. The highest BCUT2D eigenvalue weighted by molar-refractivity contribution is 6.12. The van der Waals surface area contributed by atoms with Gasteiger partial charge in [0.15, 0.2) is 0 Å². The number of pyridine rings is 1. The molecule has 1 aromatic heterocycles. The second-order valence-electron chi connectivity index (χ2n) is 7.26. The highest BCUT2D eigenvalue weighted by Crippen LogP contribution is 2.40. The number of anilines is 1. The van der Waals surface area contributed by atoms with Gasteiger partial charge < -0.3 is 9.47 Å². The second-order valence-corrected chi connectivity index (χ2v) is 7.26. The van der Waals surface area contributed by atoms with E-state index >= 15 is 0 Å². The van der Waals surface area contributed by atoms with E-state index in [-0.39, 0.29) is 16.8 Å². The summed E-state index contributed by atoms with van der Waals surface area (Å²) < 4.78 is 51.0. The molecule has 1 aliphatic heterocycles. The molecule has 0 saturated heterocycles. The number of halogens is 3. The number of nitrogens with zero attached hydrogens (tertiary/aromatic N) is 3. The van der Waals surface area contributed by atoms with Gasteiger partial charge in [-0.25, -0.2) is 9.99 Å². The summed E-state index contributed by atoms with van der Waals surface area (Å²) in [6, 6.07) is 13.4. The van der Waals surface area contributed by atoms with Crippen molar-refractivity contribution in [2.75, 3.05) is 26.3 Å². The van der Waals surface area contributed by atoms with Crippen molar-refractivity contribution in [3.8, 4) is 11.5 Å². The van der Waals surface area contributed by atoms with Crippen molar-refractivity contribution in [1.82, 2.24) is 9.99 Å². The van der Waals surface area contributed by atoms with E-state index in [1.54, 1.807) is 55.7 Å². The van der Waals surface area contributed by atoms with Gasteiger partial charge in [-0.1, -0.05) is 6.07 Å². The Morgan fingerprint density at radius 3 is 2.24 bits per heavy atom. The lowest BCUT2D eigenvalue weighted by atomic mass is 10.0. The number of amides is 1. The summed E-state index contributed by atoms with van der Waals surface area (Å²) >= 11 is 0. The molecule has 3 aromatic rings. The molecule has 2 heterocycles. The first-order chi connectivity index (χ1) is 15.7. The first-order valence-corrected chi connectivity index (χ1v) is 9.88. The lowest BCUT2D eigenvalue weighted by Crippen LogP contribution is -2.39. The van der Waals surface area contributed by atoms with Gasteiger partial charge in [0, 0.05) is 24.9 Å². The molecule has 0 bridgehead atoms. The van der Waals surface area contributed by atoms with Gasteiger partial charge in [-0.3, -0.25) is 9.80 Å². The Kier molecular flexibility index (Phi) is 5.71. The number of hydrogen-bond acceptors (Lipinski definition) is 5. The van der Waals surface area contributed by atoms with Crippen molar-refractivity contribution in [1.29, 1.82) is 0 Å². The lowest BCUT2D eigenvalue weighted by molar-refractivity contribution is -0.137. The summed E-state index contributed by atoms with van der Waals surface area (Å²) in [5.74, 6) is 0.982. The molecular formula is C24H20F3N3O3. The number of benzene rings is 2. The molecule has 0 atom stereocenters. The van der Waals surface area contributed by atoms with Crippen molar-refractivity contribution < 1.29 is 27.4 Å². The minimum Gasteiger partial charge on any atom is -0.497 e. The maximum atomic E-state index is 13.5. The third-order valence-corrected chi connectivity index (χ3v) is 5.23. The molecule has 4 rings (SSSR count). The van der Waals surface area contributed by atoms with Crippen molar-refractivity contribution in [3.63, 3.8) is 0 Å². The average molecular weight is 455 g/mol. The van der Waals surface area contributed by atoms with Crippen LogP contribution in [0.2, 0.25) is 0 Å². The number of alkyl halides is 3. The molecule has 0 aliphatic carbocycles. The summed E-state index contributed by atoms with van der Waals surface area (Å²) in [6.07, 6.45) is -1.37. The maximum absolute atomic E-state index is 13.5. The Morgan fingerprint density at radius 2 is 1.67 bits per heavy atom. The summed E-state index contributed by atoms with van der Waals surface area (Å²) in [4.78, 5) is 17.6. The molecule has 6 nitrogen and oxygen atoms in total. The quantitative estimate of drug-likeness (QED) is 0.534.